The van der Waals surface area contributed by atoms with Crippen LogP contribution in [0.5, 0.6) is 5.75 Å². The topological polar surface area (TPSA) is 67.3 Å². The number of furan rings is 1. The van der Waals surface area contributed by atoms with Crippen molar-refractivity contribution in [1.29, 1.82) is 0 Å². The lowest BCUT2D eigenvalue weighted by atomic mass is 9.56. The van der Waals surface area contributed by atoms with Crippen molar-refractivity contribution >= 4 is 16.7 Å². The highest BCUT2D eigenvalue weighted by Gasteiger charge is 2.52. The molecule has 0 saturated carbocycles. The molecule has 0 amide bonds. The average molecular weight is 427 g/mol. The van der Waals surface area contributed by atoms with Gasteiger partial charge in [-0.15, -0.1) is 0 Å². The number of aromatic amines is 1. The zero-order valence-corrected chi connectivity index (χ0v) is 18.1. The highest BCUT2D eigenvalue weighted by molar-refractivity contribution is 5.98. The monoisotopic (exact) mass is 426 g/mol. The van der Waals surface area contributed by atoms with Gasteiger partial charge in [-0.1, -0.05) is 30.3 Å². The SMILES string of the molecule is COc1cccc([C@]23CCNC(C(=O)c4ccco4)C2Cc2c([nH]c4ccccc24)C3)c1. The van der Waals surface area contributed by atoms with Crippen molar-refractivity contribution in [2.24, 2.45) is 5.92 Å². The number of hydrogen-bond acceptors (Lipinski definition) is 4. The number of H-pyrrole nitrogens is 1. The third kappa shape index (κ3) is 2.84. The van der Waals surface area contributed by atoms with Crippen LogP contribution in [0.3, 0.4) is 0 Å². The number of methoxy groups -OCH3 is 1. The Bertz CT molecular complexity index is 1290. The number of aromatic nitrogens is 1. The van der Waals surface area contributed by atoms with Gasteiger partial charge in [0.05, 0.1) is 19.4 Å². The maximum absolute atomic E-state index is 13.5. The van der Waals surface area contributed by atoms with E-state index in [2.05, 4.69) is 52.8 Å². The fourth-order valence-electron chi connectivity index (χ4n) is 6.05. The van der Waals surface area contributed by atoms with Crippen molar-refractivity contribution in [3.05, 3.63) is 89.5 Å². The number of nitrogens with one attached hydrogen (secondary N) is 2. The van der Waals surface area contributed by atoms with E-state index in [9.17, 15) is 4.79 Å². The van der Waals surface area contributed by atoms with Crippen LogP contribution in [0.4, 0.5) is 0 Å². The molecule has 2 unspecified atom stereocenters. The fourth-order valence-corrected chi connectivity index (χ4v) is 6.05. The molecule has 3 heterocycles. The van der Waals surface area contributed by atoms with Gasteiger partial charge in [-0.25, -0.2) is 0 Å². The average Bonchev–Trinajstić information content (AvgIpc) is 3.50. The molecule has 2 N–H and O–H groups in total. The van der Waals surface area contributed by atoms with Crippen molar-refractivity contribution in [3.8, 4) is 5.75 Å². The number of Topliss-reactive ketones (excluding diaryl/α,β-unsaturated/α-hetero) is 1. The Morgan fingerprint density at radius 3 is 2.88 bits per heavy atom. The summed E-state index contributed by atoms with van der Waals surface area (Å²) < 4.78 is 11.1. The highest BCUT2D eigenvalue weighted by Crippen LogP contribution is 2.50. The van der Waals surface area contributed by atoms with E-state index in [-0.39, 0.29) is 23.2 Å². The first-order chi connectivity index (χ1) is 15.7. The molecular weight excluding hydrogens is 400 g/mol. The predicted molar refractivity (Wildman–Crippen MR) is 123 cm³/mol. The van der Waals surface area contributed by atoms with Crippen LogP contribution in [0.25, 0.3) is 10.9 Å². The molecular formula is C27H26N2O3. The first-order valence-electron chi connectivity index (χ1n) is 11.2. The zero-order chi connectivity index (χ0) is 21.7. The number of rotatable bonds is 4. The van der Waals surface area contributed by atoms with Crippen molar-refractivity contribution in [2.75, 3.05) is 13.7 Å². The summed E-state index contributed by atoms with van der Waals surface area (Å²) in [6, 6.07) is 20.1. The molecule has 2 aromatic carbocycles. The minimum absolute atomic E-state index is 0.0373. The molecule has 3 atom stereocenters. The van der Waals surface area contributed by atoms with E-state index in [1.165, 1.54) is 27.7 Å². The number of carbonyl (C=O) groups excluding carboxylic acids is 1. The van der Waals surface area contributed by atoms with Gasteiger partial charge < -0.3 is 19.5 Å². The maximum atomic E-state index is 13.5. The van der Waals surface area contributed by atoms with Crippen LogP contribution < -0.4 is 10.1 Å². The Labute approximate surface area is 186 Å². The fraction of sp³-hybridized carbons (Fsp3) is 0.296. The molecule has 32 heavy (non-hydrogen) atoms. The number of benzene rings is 2. The summed E-state index contributed by atoms with van der Waals surface area (Å²) in [7, 11) is 1.70. The van der Waals surface area contributed by atoms with Gasteiger partial charge in [0.15, 0.2) is 5.76 Å². The number of carbonyl (C=O) groups is 1. The Balaban J connectivity index is 1.53. The molecule has 1 aliphatic heterocycles. The predicted octanol–water partition coefficient (Wildman–Crippen LogP) is 4.67. The van der Waals surface area contributed by atoms with Crippen LogP contribution in [-0.4, -0.2) is 30.5 Å². The van der Waals surface area contributed by atoms with Gasteiger partial charge in [-0.05, 0) is 73.2 Å². The number of ketones is 1. The molecule has 5 heteroatoms. The molecule has 162 valence electrons. The lowest BCUT2D eigenvalue weighted by Crippen LogP contribution is -2.60. The molecule has 1 saturated heterocycles. The number of hydrogen-bond donors (Lipinski definition) is 2. The molecule has 0 bridgehead atoms. The minimum atomic E-state index is -0.303. The third-order valence-corrected chi connectivity index (χ3v) is 7.56. The zero-order valence-electron chi connectivity index (χ0n) is 18.1. The van der Waals surface area contributed by atoms with E-state index < -0.39 is 0 Å². The van der Waals surface area contributed by atoms with Crippen LogP contribution in [-0.2, 0) is 18.3 Å². The van der Waals surface area contributed by atoms with Crippen LogP contribution in [0.1, 0.15) is 33.8 Å². The number of ether oxygens (including phenoxy) is 1. The summed E-state index contributed by atoms with van der Waals surface area (Å²) in [5.41, 5.74) is 4.87. The first kappa shape index (κ1) is 19.4. The van der Waals surface area contributed by atoms with Crippen LogP contribution in [0, 0.1) is 5.92 Å². The van der Waals surface area contributed by atoms with Crippen LogP contribution in [0.15, 0.2) is 71.3 Å². The first-order valence-corrected chi connectivity index (χ1v) is 11.2. The van der Waals surface area contributed by atoms with Gasteiger partial charge in [0.1, 0.15) is 5.75 Å². The molecule has 6 rings (SSSR count). The Morgan fingerprint density at radius 1 is 1.12 bits per heavy atom. The van der Waals surface area contributed by atoms with Gasteiger partial charge in [-0.3, -0.25) is 4.79 Å². The number of para-hydroxylation sites is 1. The Hall–Kier alpha value is -3.31. The van der Waals surface area contributed by atoms with Gasteiger partial charge >= 0.3 is 0 Å². The maximum Gasteiger partial charge on any atom is 0.215 e. The second-order valence-corrected chi connectivity index (χ2v) is 9.03. The Morgan fingerprint density at radius 2 is 2.03 bits per heavy atom. The highest BCUT2D eigenvalue weighted by atomic mass is 16.5. The van der Waals surface area contributed by atoms with Crippen LogP contribution >= 0.6 is 0 Å². The summed E-state index contributed by atoms with van der Waals surface area (Å²) in [5, 5.41) is 4.81. The molecule has 1 aliphatic carbocycles. The normalized spacial score (nSPS) is 24.7. The Kier molecular flexibility index (Phi) is 4.47. The molecule has 4 aromatic rings. The van der Waals surface area contributed by atoms with E-state index in [0.717, 1.165) is 31.6 Å². The van der Waals surface area contributed by atoms with E-state index in [0.29, 0.717) is 5.76 Å². The standard InChI is InChI=1S/C27H26N2O3/c1-31-18-7-4-6-17(14-18)27-11-12-28-25(26(30)24-10-5-13-32-24)21(27)15-20-19-8-2-3-9-22(19)29-23(20)16-27/h2-10,13-14,21,25,28-29H,11-12,15-16H2,1H3/t21?,25?,27-/m1/s1. The van der Waals surface area contributed by atoms with Crippen molar-refractivity contribution in [2.45, 2.75) is 30.7 Å². The smallest absolute Gasteiger partial charge is 0.215 e. The van der Waals surface area contributed by atoms with E-state index in [1.54, 1.807) is 25.5 Å². The van der Waals surface area contributed by atoms with Gasteiger partial charge in [-0.2, -0.15) is 0 Å². The lowest BCUT2D eigenvalue weighted by Gasteiger charge is -2.51. The quantitative estimate of drug-likeness (QED) is 0.466. The molecule has 2 aliphatic rings. The molecule has 0 spiro atoms. The van der Waals surface area contributed by atoms with Gasteiger partial charge in [0, 0.05) is 22.0 Å². The van der Waals surface area contributed by atoms with E-state index in [4.69, 9.17) is 9.15 Å². The molecule has 2 aromatic heterocycles. The largest absolute Gasteiger partial charge is 0.497 e. The van der Waals surface area contributed by atoms with Crippen molar-refractivity contribution < 1.29 is 13.9 Å². The summed E-state index contributed by atoms with van der Waals surface area (Å²) in [4.78, 5) is 17.2. The van der Waals surface area contributed by atoms with Gasteiger partial charge in [0.2, 0.25) is 5.78 Å². The van der Waals surface area contributed by atoms with E-state index >= 15 is 0 Å². The molecule has 1 fully saturated rings. The minimum Gasteiger partial charge on any atom is -0.497 e. The second-order valence-electron chi connectivity index (χ2n) is 9.03. The van der Waals surface area contributed by atoms with Crippen molar-refractivity contribution in [1.82, 2.24) is 10.3 Å². The van der Waals surface area contributed by atoms with Crippen molar-refractivity contribution in [3.63, 3.8) is 0 Å². The van der Waals surface area contributed by atoms with Crippen LogP contribution in [0.2, 0.25) is 0 Å². The number of piperidine rings is 1. The summed E-state index contributed by atoms with van der Waals surface area (Å²) in [5.74, 6) is 1.42. The second kappa shape index (κ2) is 7.38. The summed E-state index contributed by atoms with van der Waals surface area (Å²) in [6.07, 6.45) is 4.24. The van der Waals surface area contributed by atoms with E-state index in [1.807, 2.05) is 6.07 Å². The lowest BCUT2D eigenvalue weighted by molar-refractivity contribution is 0.0723. The number of fused-ring (bicyclic) bond motifs is 4. The van der Waals surface area contributed by atoms with Gasteiger partial charge in [0.25, 0.3) is 0 Å². The third-order valence-electron chi connectivity index (χ3n) is 7.56. The molecule has 5 nitrogen and oxygen atoms in total. The molecule has 0 radical (unpaired) electrons. The summed E-state index contributed by atoms with van der Waals surface area (Å²) in [6.45, 7) is 0.778. The summed E-state index contributed by atoms with van der Waals surface area (Å²) >= 11 is 0.